The molecule has 4 heteroatoms. The van der Waals surface area contributed by atoms with Crippen molar-refractivity contribution in [1.29, 1.82) is 0 Å². The van der Waals surface area contributed by atoms with Crippen molar-refractivity contribution in [1.82, 2.24) is 0 Å². The molecule has 0 amide bonds. The zero-order valence-corrected chi connectivity index (χ0v) is 12.5. The van der Waals surface area contributed by atoms with Gasteiger partial charge < -0.3 is 14.7 Å². The van der Waals surface area contributed by atoms with E-state index in [0.717, 1.165) is 24.2 Å². The number of para-hydroxylation sites is 1. The molecule has 1 heterocycles. The summed E-state index contributed by atoms with van der Waals surface area (Å²) in [5, 5.41) is 9.12. The van der Waals surface area contributed by atoms with Gasteiger partial charge in [0.2, 0.25) is 0 Å². The van der Waals surface area contributed by atoms with Crippen LogP contribution in [-0.4, -0.2) is 23.7 Å². The fourth-order valence-corrected chi connectivity index (χ4v) is 2.80. The SMILES string of the molecule is CC[C@H]1COc2cc(C(=O)O)ccc2CN1c1ccccc1. The van der Waals surface area contributed by atoms with Gasteiger partial charge in [-0.25, -0.2) is 4.79 Å². The first-order valence-corrected chi connectivity index (χ1v) is 7.49. The fourth-order valence-electron chi connectivity index (χ4n) is 2.80. The molecule has 1 aliphatic rings. The van der Waals surface area contributed by atoms with E-state index < -0.39 is 5.97 Å². The Balaban J connectivity index is 1.97. The molecule has 0 saturated carbocycles. The summed E-state index contributed by atoms with van der Waals surface area (Å²) in [5.74, 6) is -0.251. The van der Waals surface area contributed by atoms with Crippen molar-refractivity contribution in [2.45, 2.75) is 25.9 Å². The summed E-state index contributed by atoms with van der Waals surface area (Å²) in [4.78, 5) is 13.4. The average molecular weight is 297 g/mol. The summed E-state index contributed by atoms with van der Waals surface area (Å²) >= 11 is 0. The molecule has 0 aliphatic carbocycles. The van der Waals surface area contributed by atoms with Gasteiger partial charge in [-0.15, -0.1) is 0 Å². The van der Waals surface area contributed by atoms with Crippen LogP contribution in [0.3, 0.4) is 0 Å². The van der Waals surface area contributed by atoms with Crippen LogP contribution in [0.1, 0.15) is 29.3 Å². The number of hydrogen-bond donors (Lipinski definition) is 1. The van der Waals surface area contributed by atoms with E-state index in [-0.39, 0.29) is 11.6 Å². The van der Waals surface area contributed by atoms with Crippen LogP contribution in [0.2, 0.25) is 0 Å². The summed E-state index contributed by atoms with van der Waals surface area (Å²) in [7, 11) is 0. The third kappa shape index (κ3) is 2.77. The molecular weight excluding hydrogens is 278 g/mol. The monoisotopic (exact) mass is 297 g/mol. The fraction of sp³-hybridized carbons (Fsp3) is 0.278. The van der Waals surface area contributed by atoms with Crippen molar-refractivity contribution in [2.75, 3.05) is 11.5 Å². The molecule has 0 unspecified atom stereocenters. The molecule has 0 bridgehead atoms. The van der Waals surface area contributed by atoms with Crippen molar-refractivity contribution in [3.8, 4) is 5.75 Å². The van der Waals surface area contributed by atoms with Crippen LogP contribution in [0.4, 0.5) is 5.69 Å². The standard InChI is InChI=1S/C18H19NO3/c1-2-15-12-22-17-10-13(18(20)21)8-9-14(17)11-19(15)16-6-4-3-5-7-16/h3-10,15H,2,11-12H2,1H3,(H,20,21)/t15-/m0/s1. The zero-order valence-electron chi connectivity index (χ0n) is 12.5. The van der Waals surface area contributed by atoms with Gasteiger partial charge in [0.25, 0.3) is 0 Å². The van der Waals surface area contributed by atoms with Gasteiger partial charge in [0.05, 0.1) is 11.6 Å². The molecule has 4 nitrogen and oxygen atoms in total. The van der Waals surface area contributed by atoms with E-state index in [9.17, 15) is 4.79 Å². The third-order valence-electron chi connectivity index (χ3n) is 4.09. The lowest BCUT2D eigenvalue weighted by Crippen LogP contribution is -2.36. The maximum Gasteiger partial charge on any atom is 0.335 e. The van der Waals surface area contributed by atoms with E-state index >= 15 is 0 Å². The average Bonchev–Trinajstić information content (AvgIpc) is 2.74. The smallest absolute Gasteiger partial charge is 0.335 e. The Bertz CT molecular complexity index is 669. The number of carboxylic acid groups (broad SMARTS) is 1. The Kier molecular flexibility index (Phi) is 4.00. The van der Waals surface area contributed by atoms with Crippen LogP contribution >= 0.6 is 0 Å². The molecule has 114 valence electrons. The number of aromatic carboxylic acids is 1. The van der Waals surface area contributed by atoms with Crippen LogP contribution in [-0.2, 0) is 6.54 Å². The molecular formula is C18H19NO3. The second kappa shape index (κ2) is 6.10. The predicted octanol–water partition coefficient (Wildman–Crippen LogP) is 3.56. The van der Waals surface area contributed by atoms with E-state index in [1.54, 1.807) is 12.1 Å². The van der Waals surface area contributed by atoms with Crippen LogP contribution in [0.5, 0.6) is 5.75 Å². The highest BCUT2D eigenvalue weighted by Crippen LogP contribution is 2.30. The number of carbonyl (C=O) groups is 1. The maximum atomic E-state index is 11.1. The Hall–Kier alpha value is -2.49. The van der Waals surface area contributed by atoms with Crippen LogP contribution in [0, 0.1) is 0 Å². The molecule has 1 aliphatic heterocycles. The van der Waals surface area contributed by atoms with Gasteiger partial charge >= 0.3 is 5.97 Å². The van der Waals surface area contributed by atoms with E-state index in [0.29, 0.717) is 12.4 Å². The third-order valence-corrected chi connectivity index (χ3v) is 4.09. The summed E-state index contributed by atoms with van der Waals surface area (Å²) < 4.78 is 5.89. The zero-order chi connectivity index (χ0) is 15.5. The molecule has 0 aromatic heterocycles. The van der Waals surface area contributed by atoms with Crippen molar-refractivity contribution >= 4 is 11.7 Å². The number of ether oxygens (including phenoxy) is 1. The normalized spacial score (nSPS) is 17.3. The van der Waals surface area contributed by atoms with Crippen molar-refractivity contribution < 1.29 is 14.6 Å². The molecule has 0 spiro atoms. The number of benzene rings is 2. The molecule has 0 fully saturated rings. The lowest BCUT2D eigenvalue weighted by molar-refractivity contribution is 0.0696. The van der Waals surface area contributed by atoms with Crippen molar-refractivity contribution in [2.24, 2.45) is 0 Å². The molecule has 0 saturated heterocycles. The van der Waals surface area contributed by atoms with Gasteiger partial charge in [-0.05, 0) is 30.7 Å². The lowest BCUT2D eigenvalue weighted by atomic mass is 10.1. The van der Waals surface area contributed by atoms with Crippen LogP contribution in [0.15, 0.2) is 48.5 Å². The summed E-state index contributed by atoms with van der Waals surface area (Å²) in [6, 6.07) is 15.6. The van der Waals surface area contributed by atoms with E-state index in [1.165, 1.54) is 0 Å². The minimum absolute atomic E-state index is 0.264. The second-order valence-electron chi connectivity index (χ2n) is 5.46. The van der Waals surface area contributed by atoms with Gasteiger partial charge in [-0.3, -0.25) is 0 Å². The van der Waals surface area contributed by atoms with Crippen molar-refractivity contribution in [3.05, 3.63) is 59.7 Å². The summed E-state index contributed by atoms with van der Waals surface area (Å²) in [5.41, 5.74) is 2.44. The molecule has 22 heavy (non-hydrogen) atoms. The Morgan fingerprint density at radius 2 is 2.05 bits per heavy atom. The minimum Gasteiger partial charge on any atom is -0.491 e. The molecule has 2 aromatic carbocycles. The van der Waals surface area contributed by atoms with Gasteiger partial charge in [0.15, 0.2) is 0 Å². The number of fused-ring (bicyclic) bond motifs is 1. The highest BCUT2D eigenvalue weighted by atomic mass is 16.5. The second-order valence-corrected chi connectivity index (χ2v) is 5.46. The van der Waals surface area contributed by atoms with E-state index in [1.807, 2.05) is 24.3 Å². The van der Waals surface area contributed by atoms with E-state index in [4.69, 9.17) is 9.84 Å². The Morgan fingerprint density at radius 3 is 2.73 bits per heavy atom. The number of rotatable bonds is 3. The van der Waals surface area contributed by atoms with Crippen molar-refractivity contribution in [3.63, 3.8) is 0 Å². The number of carboxylic acids is 1. The number of anilines is 1. The molecule has 1 atom stereocenters. The van der Waals surface area contributed by atoms with Crippen LogP contribution < -0.4 is 9.64 Å². The Labute approximate surface area is 130 Å². The Morgan fingerprint density at radius 1 is 1.27 bits per heavy atom. The quantitative estimate of drug-likeness (QED) is 0.941. The molecule has 0 radical (unpaired) electrons. The van der Waals surface area contributed by atoms with Crippen LogP contribution in [0.25, 0.3) is 0 Å². The predicted molar refractivity (Wildman–Crippen MR) is 85.6 cm³/mol. The summed E-state index contributed by atoms with van der Waals surface area (Å²) in [6.07, 6.45) is 0.967. The summed E-state index contributed by atoms with van der Waals surface area (Å²) in [6.45, 7) is 3.42. The number of hydrogen-bond acceptors (Lipinski definition) is 3. The van der Waals surface area contributed by atoms with Gasteiger partial charge in [-0.2, -0.15) is 0 Å². The first-order chi connectivity index (χ1) is 10.7. The largest absolute Gasteiger partial charge is 0.491 e. The topological polar surface area (TPSA) is 49.8 Å². The first kappa shape index (κ1) is 14.4. The minimum atomic E-state index is -0.928. The van der Waals surface area contributed by atoms with E-state index in [2.05, 4.69) is 24.0 Å². The van der Waals surface area contributed by atoms with Gasteiger partial charge in [0, 0.05) is 17.8 Å². The number of nitrogens with zero attached hydrogens (tertiary/aromatic N) is 1. The highest BCUT2D eigenvalue weighted by Gasteiger charge is 2.24. The van der Waals surface area contributed by atoms with Gasteiger partial charge in [-0.1, -0.05) is 31.2 Å². The molecule has 1 N–H and O–H groups in total. The van der Waals surface area contributed by atoms with Gasteiger partial charge in [0.1, 0.15) is 12.4 Å². The lowest BCUT2D eigenvalue weighted by Gasteiger charge is -2.30. The highest BCUT2D eigenvalue weighted by molar-refractivity contribution is 5.88. The maximum absolute atomic E-state index is 11.1. The molecule has 3 rings (SSSR count). The first-order valence-electron chi connectivity index (χ1n) is 7.49. The molecule has 2 aromatic rings.